The van der Waals surface area contributed by atoms with Gasteiger partial charge in [-0.25, -0.2) is 4.79 Å². The van der Waals surface area contributed by atoms with E-state index in [1.165, 1.54) is 24.6 Å². The van der Waals surface area contributed by atoms with Gasteiger partial charge in [0.1, 0.15) is 11.3 Å². The minimum Gasteiger partial charge on any atom is -0.459 e. The summed E-state index contributed by atoms with van der Waals surface area (Å²) < 4.78 is 13.2. The Bertz CT molecular complexity index is 1080. The average molecular weight is 406 g/mol. The second kappa shape index (κ2) is 8.22. The number of nitrogens with one attached hydrogen (secondary N) is 1. The van der Waals surface area contributed by atoms with Gasteiger partial charge in [0.15, 0.2) is 6.61 Å². The Balaban J connectivity index is 1.28. The third-order valence-electron chi connectivity index (χ3n) is 5.43. The zero-order valence-corrected chi connectivity index (χ0v) is 17.5. The van der Waals surface area contributed by atoms with E-state index < -0.39 is 5.97 Å². The molecule has 0 spiro atoms. The molecule has 6 nitrogen and oxygen atoms in total. The fourth-order valence-corrected chi connectivity index (χ4v) is 3.78. The molecule has 1 aliphatic carbocycles. The SMILES string of the molecule is Cc1cc(/C=C/C(=O)OCC(=O)N[C@@H](C)c2cc3ccccc3o2)c(C)n1C1CC1. The third-order valence-corrected chi connectivity index (χ3v) is 5.43. The number of nitrogens with zero attached hydrogens (tertiary/aromatic N) is 1. The Morgan fingerprint density at radius 2 is 2.03 bits per heavy atom. The summed E-state index contributed by atoms with van der Waals surface area (Å²) in [6, 6.07) is 11.9. The number of carbonyl (C=O) groups excluding carboxylic acids is 2. The lowest BCUT2D eigenvalue weighted by atomic mass is 10.2. The molecule has 1 saturated carbocycles. The van der Waals surface area contributed by atoms with Crippen LogP contribution in [0.1, 0.15) is 54.6 Å². The first-order valence-electron chi connectivity index (χ1n) is 10.2. The summed E-state index contributed by atoms with van der Waals surface area (Å²) in [4.78, 5) is 24.2. The monoisotopic (exact) mass is 406 g/mol. The maximum absolute atomic E-state index is 12.1. The molecule has 0 aliphatic heterocycles. The van der Waals surface area contributed by atoms with Crippen molar-refractivity contribution in [3.8, 4) is 0 Å². The molecular weight excluding hydrogens is 380 g/mol. The van der Waals surface area contributed by atoms with Crippen LogP contribution in [0.15, 0.2) is 46.9 Å². The number of carbonyl (C=O) groups is 2. The van der Waals surface area contributed by atoms with Gasteiger partial charge in [-0.1, -0.05) is 18.2 Å². The van der Waals surface area contributed by atoms with Gasteiger partial charge in [0, 0.05) is 28.9 Å². The maximum atomic E-state index is 12.1. The van der Waals surface area contributed by atoms with E-state index in [9.17, 15) is 9.59 Å². The number of benzene rings is 1. The lowest BCUT2D eigenvalue weighted by Crippen LogP contribution is -2.30. The second-order valence-corrected chi connectivity index (χ2v) is 7.84. The third kappa shape index (κ3) is 4.32. The Hall–Kier alpha value is -3.28. The summed E-state index contributed by atoms with van der Waals surface area (Å²) in [5, 5.41) is 3.77. The maximum Gasteiger partial charge on any atom is 0.331 e. The molecule has 4 rings (SSSR count). The fraction of sp³-hybridized carbons (Fsp3) is 0.333. The van der Waals surface area contributed by atoms with E-state index in [-0.39, 0.29) is 18.6 Å². The first-order chi connectivity index (χ1) is 14.4. The topological polar surface area (TPSA) is 73.5 Å². The van der Waals surface area contributed by atoms with E-state index in [1.54, 1.807) is 6.08 Å². The number of aryl methyl sites for hydroxylation is 1. The van der Waals surface area contributed by atoms with Crippen molar-refractivity contribution in [2.24, 2.45) is 0 Å². The lowest BCUT2D eigenvalue weighted by molar-refractivity contribution is -0.144. The highest BCUT2D eigenvalue weighted by Crippen LogP contribution is 2.38. The van der Waals surface area contributed by atoms with Gasteiger partial charge in [0.25, 0.3) is 5.91 Å². The van der Waals surface area contributed by atoms with Crippen LogP contribution in [0, 0.1) is 13.8 Å². The van der Waals surface area contributed by atoms with Crippen LogP contribution in [-0.4, -0.2) is 23.1 Å². The van der Waals surface area contributed by atoms with Crippen molar-refractivity contribution in [2.45, 2.75) is 45.7 Å². The predicted octanol–water partition coefficient (Wildman–Crippen LogP) is 4.62. The molecule has 1 atom stereocenters. The summed E-state index contributed by atoms with van der Waals surface area (Å²) >= 11 is 0. The number of furan rings is 1. The van der Waals surface area contributed by atoms with Crippen LogP contribution in [0.2, 0.25) is 0 Å². The minimum atomic E-state index is -0.544. The number of aromatic nitrogens is 1. The molecule has 6 heteroatoms. The van der Waals surface area contributed by atoms with Crippen LogP contribution in [0.4, 0.5) is 0 Å². The molecule has 2 heterocycles. The Labute approximate surface area is 175 Å². The number of para-hydroxylation sites is 1. The van der Waals surface area contributed by atoms with Gasteiger partial charge in [-0.2, -0.15) is 0 Å². The highest BCUT2D eigenvalue weighted by molar-refractivity contribution is 5.89. The molecule has 3 aromatic rings. The van der Waals surface area contributed by atoms with Crippen LogP contribution in [0.25, 0.3) is 17.0 Å². The number of amides is 1. The highest BCUT2D eigenvalue weighted by Gasteiger charge is 2.26. The van der Waals surface area contributed by atoms with Gasteiger partial charge in [0.05, 0.1) is 6.04 Å². The molecule has 0 bridgehead atoms. The van der Waals surface area contributed by atoms with Crippen molar-refractivity contribution in [2.75, 3.05) is 6.61 Å². The van der Waals surface area contributed by atoms with Crippen molar-refractivity contribution in [3.05, 3.63) is 65.2 Å². The lowest BCUT2D eigenvalue weighted by Gasteiger charge is -2.11. The van der Waals surface area contributed by atoms with Gasteiger partial charge >= 0.3 is 5.97 Å². The van der Waals surface area contributed by atoms with Crippen molar-refractivity contribution >= 4 is 28.9 Å². The van der Waals surface area contributed by atoms with E-state index >= 15 is 0 Å². The second-order valence-electron chi connectivity index (χ2n) is 7.84. The van der Waals surface area contributed by atoms with E-state index in [0.717, 1.165) is 22.2 Å². The molecule has 1 aliphatic rings. The number of ether oxygens (including phenoxy) is 1. The fourth-order valence-electron chi connectivity index (χ4n) is 3.78. The van der Waals surface area contributed by atoms with Crippen LogP contribution in [-0.2, 0) is 14.3 Å². The Morgan fingerprint density at radius 3 is 2.77 bits per heavy atom. The van der Waals surface area contributed by atoms with Crippen molar-refractivity contribution in [1.29, 1.82) is 0 Å². The number of rotatable bonds is 7. The van der Waals surface area contributed by atoms with Gasteiger partial charge in [-0.3, -0.25) is 4.79 Å². The first kappa shape index (κ1) is 20.0. The molecule has 1 N–H and O–H groups in total. The van der Waals surface area contributed by atoms with Crippen LogP contribution < -0.4 is 5.32 Å². The molecule has 0 unspecified atom stereocenters. The van der Waals surface area contributed by atoms with Crippen molar-refractivity contribution in [3.63, 3.8) is 0 Å². The molecular formula is C24H26N2O4. The smallest absolute Gasteiger partial charge is 0.331 e. The normalized spacial score (nSPS) is 14.9. The summed E-state index contributed by atoms with van der Waals surface area (Å²) in [6.45, 7) is 5.62. The molecule has 1 amide bonds. The average Bonchev–Trinajstić information content (AvgIpc) is 3.37. The number of fused-ring (bicyclic) bond motifs is 1. The van der Waals surface area contributed by atoms with Crippen LogP contribution >= 0.6 is 0 Å². The summed E-state index contributed by atoms with van der Waals surface area (Å²) in [6.07, 6.45) is 5.54. The zero-order valence-electron chi connectivity index (χ0n) is 17.5. The van der Waals surface area contributed by atoms with Crippen LogP contribution in [0.3, 0.4) is 0 Å². The first-order valence-corrected chi connectivity index (χ1v) is 10.2. The molecule has 0 saturated heterocycles. The van der Waals surface area contributed by atoms with E-state index in [4.69, 9.17) is 9.15 Å². The quantitative estimate of drug-likeness (QED) is 0.459. The summed E-state index contributed by atoms with van der Waals surface area (Å²) in [7, 11) is 0. The molecule has 156 valence electrons. The van der Waals surface area contributed by atoms with Crippen molar-refractivity contribution < 1.29 is 18.7 Å². The summed E-state index contributed by atoms with van der Waals surface area (Å²) in [5.74, 6) is -0.267. The number of hydrogen-bond acceptors (Lipinski definition) is 4. The predicted molar refractivity (Wildman–Crippen MR) is 115 cm³/mol. The molecule has 1 aromatic carbocycles. The summed E-state index contributed by atoms with van der Waals surface area (Å²) in [5.41, 5.74) is 4.11. The zero-order chi connectivity index (χ0) is 21.3. The Kier molecular flexibility index (Phi) is 5.48. The Morgan fingerprint density at radius 1 is 1.27 bits per heavy atom. The molecule has 0 radical (unpaired) electrons. The van der Waals surface area contributed by atoms with Gasteiger partial charge in [-0.15, -0.1) is 0 Å². The number of hydrogen-bond donors (Lipinski definition) is 1. The van der Waals surface area contributed by atoms with E-state index in [1.807, 2.05) is 37.3 Å². The largest absolute Gasteiger partial charge is 0.459 e. The molecule has 1 fully saturated rings. The number of esters is 1. The minimum absolute atomic E-state index is 0.327. The van der Waals surface area contributed by atoms with Crippen molar-refractivity contribution in [1.82, 2.24) is 9.88 Å². The van der Waals surface area contributed by atoms with E-state index in [0.29, 0.717) is 11.8 Å². The van der Waals surface area contributed by atoms with Gasteiger partial charge in [0.2, 0.25) is 0 Å². The van der Waals surface area contributed by atoms with Gasteiger partial charge < -0.3 is 19.0 Å². The van der Waals surface area contributed by atoms with Crippen LogP contribution in [0.5, 0.6) is 0 Å². The highest BCUT2D eigenvalue weighted by atomic mass is 16.5. The molecule has 30 heavy (non-hydrogen) atoms. The van der Waals surface area contributed by atoms with Gasteiger partial charge in [-0.05, 0) is 63.5 Å². The molecule has 2 aromatic heterocycles. The standard InChI is InChI=1S/C24H26N2O4/c1-15-12-18(17(3)26(15)20-9-10-20)8-11-24(28)29-14-23(27)25-16(2)22-13-19-6-4-5-7-21(19)30-22/h4-8,11-13,16,20H,9-10,14H2,1-3H3,(H,25,27)/b11-8+/t16-/m0/s1. The van der Waals surface area contributed by atoms with E-state index in [2.05, 4.69) is 29.8 Å².